The predicted molar refractivity (Wildman–Crippen MR) is 91.2 cm³/mol. The number of ether oxygens (including phenoxy) is 1. The van der Waals surface area contributed by atoms with Gasteiger partial charge in [0.15, 0.2) is 6.61 Å². The van der Waals surface area contributed by atoms with Gasteiger partial charge in [0.25, 0.3) is 0 Å². The van der Waals surface area contributed by atoms with Gasteiger partial charge in [-0.1, -0.05) is 12.8 Å². The van der Waals surface area contributed by atoms with Gasteiger partial charge >= 0.3 is 5.97 Å². The SMILES string of the molecule is O=C(OCC(=O)c1ccc(F)cc1F)c1cc2c(s1)CCCCCC2. The number of halogens is 2. The fraction of sp³-hybridized carbons (Fsp3) is 0.368. The molecule has 0 bridgehead atoms. The molecule has 6 heteroatoms. The van der Waals surface area contributed by atoms with Crippen LogP contribution in [0.15, 0.2) is 24.3 Å². The standard InChI is InChI=1S/C19H18F2O3S/c20-13-7-8-14(15(21)10-13)16(22)11-24-19(23)18-9-12-5-3-1-2-4-6-17(12)25-18/h7-10H,1-6,11H2. The fourth-order valence-corrected chi connectivity index (χ4v) is 4.09. The molecule has 0 unspecified atom stereocenters. The topological polar surface area (TPSA) is 43.4 Å². The zero-order chi connectivity index (χ0) is 17.8. The maximum Gasteiger partial charge on any atom is 0.348 e. The van der Waals surface area contributed by atoms with Crippen LogP contribution in [0.1, 0.15) is 56.2 Å². The minimum absolute atomic E-state index is 0.285. The molecule has 25 heavy (non-hydrogen) atoms. The molecule has 0 amide bonds. The predicted octanol–water partition coefficient (Wildman–Crippen LogP) is 4.73. The number of fused-ring (bicyclic) bond motifs is 1. The molecule has 2 aromatic rings. The molecule has 1 aliphatic carbocycles. The van der Waals surface area contributed by atoms with Crippen LogP contribution in [0, 0.1) is 11.6 Å². The van der Waals surface area contributed by atoms with Gasteiger partial charge in [0.2, 0.25) is 5.78 Å². The number of carbonyl (C=O) groups is 2. The first-order valence-electron chi connectivity index (χ1n) is 8.31. The number of carbonyl (C=O) groups excluding carboxylic acids is 2. The largest absolute Gasteiger partial charge is 0.453 e. The van der Waals surface area contributed by atoms with Gasteiger partial charge in [-0.2, -0.15) is 0 Å². The fourth-order valence-electron chi connectivity index (χ4n) is 2.94. The molecular formula is C19H18F2O3S. The summed E-state index contributed by atoms with van der Waals surface area (Å²) < 4.78 is 31.5. The van der Waals surface area contributed by atoms with Gasteiger partial charge in [0.1, 0.15) is 16.5 Å². The van der Waals surface area contributed by atoms with E-state index < -0.39 is 30.0 Å². The second-order valence-corrected chi connectivity index (χ2v) is 7.23. The molecule has 1 heterocycles. The van der Waals surface area contributed by atoms with E-state index in [1.54, 1.807) is 0 Å². The zero-order valence-electron chi connectivity index (χ0n) is 13.6. The van der Waals surface area contributed by atoms with Crippen LogP contribution in [0.5, 0.6) is 0 Å². The van der Waals surface area contributed by atoms with Gasteiger partial charge in [-0.25, -0.2) is 13.6 Å². The second-order valence-electron chi connectivity index (χ2n) is 6.10. The van der Waals surface area contributed by atoms with Crippen molar-refractivity contribution in [2.24, 2.45) is 0 Å². The first kappa shape index (κ1) is 17.7. The van der Waals surface area contributed by atoms with E-state index in [0.29, 0.717) is 10.9 Å². The van der Waals surface area contributed by atoms with Crippen LogP contribution in [0.4, 0.5) is 8.78 Å². The Morgan fingerprint density at radius 3 is 2.56 bits per heavy atom. The molecule has 3 rings (SSSR count). The summed E-state index contributed by atoms with van der Waals surface area (Å²) in [5, 5.41) is 0. The van der Waals surface area contributed by atoms with E-state index in [0.717, 1.165) is 37.8 Å². The highest BCUT2D eigenvalue weighted by molar-refractivity contribution is 7.14. The van der Waals surface area contributed by atoms with Gasteiger partial charge in [0.05, 0.1) is 5.56 Å². The Hall–Kier alpha value is -2.08. The van der Waals surface area contributed by atoms with E-state index >= 15 is 0 Å². The first-order valence-corrected chi connectivity index (χ1v) is 9.13. The molecule has 3 nitrogen and oxygen atoms in total. The minimum atomic E-state index is -0.958. The highest BCUT2D eigenvalue weighted by Gasteiger charge is 2.19. The Kier molecular flexibility index (Phi) is 5.58. The molecule has 0 saturated heterocycles. The van der Waals surface area contributed by atoms with E-state index in [1.165, 1.54) is 34.6 Å². The van der Waals surface area contributed by atoms with E-state index in [1.807, 2.05) is 6.07 Å². The van der Waals surface area contributed by atoms with Crippen molar-refractivity contribution in [2.45, 2.75) is 38.5 Å². The van der Waals surface area contributed by atoms with Crippen molar-refractivity contribution in [1.29, 1.82) is 0 Å². The van der Waals surface area contributed by atoms with Gasteiger partial charge in [-0.15, -0.1) is 11.3 Å². The Morgan fingerprint density at radius 2 is 1.80 bits per heavy atom. The van der Waals surface area contributed by atoms with Crippen LogP contribution in [0.2, 0.25) is 0 Å². The molecule has 132 valence electrons. The van der Waals surface area contributed by atoms with Crippen molar-refractivity contribution in [2.75, 3.05) is 6.61 Å². The molecule has 0 N–H and O–H groups in total. The summed E-state index contributed by atoms with van der Waals surface area (Å²) in [6, 6.07) is 4.53. The number of benzene rings is 1. The molecule has 0 fully saturated rings. The summed E-state index contributed by atoms with van der Waals surface area (Å²) in [6.45, 7) is -0.566. The summed E-state index contributed by atoms with van der Waals surface area (Å²) in [7, 11) is 0. The van der Waals surface area contributed by atoms with Crippen LogP contribution in [-0.2, 0) is 17.6 Å². The lowest BCUT2D eigenvalue weighted by Crippen LogP contribution is -2.15. The molecule has 0 saturated carbocycles. The van der Waals surface area contributed by atoms with E-state index in [-0.39, 0.29) is 5.56 Å². The molecule has 1 aromatic carbocycles. The number of hydrogen-bond donors (Lipinski definition) is 0. The number of ketones is 1. The zero-order valence-corrected chi connectivity index (χ0v) is 14.5. The third kappa shape index (κ3) is 4.31. The Morgan fingerprint density at radius 1 is 1.04 bits per heavy atom. The molecule has 0 aliphatic heterocycles. The van der Waals surface area contributed by atoms with Gasteiger partial charge in [-0.05, 0) is 49.4 Å². The molecule has 0 radical (unpaired) electrons. The Bertz CT molecular complexity index is 772. The van der Waals surface area contributed by atoms with Gasteiger partial charge < -0.3 is 4.74 Å². The van der Waals surface area contributed by atoms with Crippen LogP contribution in [-0.4, -0.2) is 18.4 Å². The average molecular weight is 364 g/mol. The van der Waals surface area contributed by atoms with Crippen molar-refractivity contribution >= 4 is 23.1 Å². The van der Waals surface area contributed by atoms with Crippen LogP contribution < -0.4 is 0 Å². The van der Waals surface area contributed by atoms with Crippen LogP contribution >= 0.6 is 11.3 Å². The number of esters is 1. The first-order chi connectivity index (χ1) is 12.0. The van der Waals surface area contributed by atoms with Crippen molar-refractivity contribution in [3.63, 3.8) is 0 Å². The van der Waals surface area contributed by atoms with Crippen molar-refractivity contribution in [3.8, 4) is 0 Å². The lowest BCUT2D eigenvalue weighted by molar-refractivity contribution is 0.0478. The van der Waals surface area contributed by atoms with Crippen molar-refractivity contribution in [1.82, 2.24) is 0 Å². The minimum Gasteiger partial charge on any atom is -0.453 e. The summed E-state index contributed by atoms with van der Waals surface area (Å²) in [4.78, 5) is 25.8. The van der Waals surface area contributed by atoms with E-state index in [4.69, 9.17) is 4.74 Å². The maximum absolute atomic E-state index is 13.6. The highest BCUT2D eigenvalue weighted by atomic mass is 32.1. The van der Waals surface area contributed by atoms with Crippen molar-refractivity contribution in [3.05, 3.63) is 56.8 Å². The third-order valence-electron chi connectivity index (χ3n) is 4.26. The molecule has 0 atom stereocenters. The Labute approximate surface area is 148 Å². The number of hydrogen-bond acceptors (Lipinski definition) is 4. The smallest absolute Gasteiger partial charge is 0.348 e. The van der Waals surface area contributed by atoms with E-state index in [9.17, 15) is 18.4 Å². The van der Waals surface area contributed by atoms with Gasteiger partial charge in [-0.3, -0.25) is 4.79 Å². The second kappa shape index (κ2) is 7.87. The maximum atomic E-state index is 13.6. The third-order valence-corrected chi connectivity index (χ3v) is 5.48. The summed E-state index contributed by atoms with van der Waals surface area (Å²) >= 11 is 1.41. The highest BCUT2D eigenvalue weighted by Crippen LogP contribution is 2.29. The number of aryl methyl sites for hydroxylation is 2. The number of thiophene rings is 1. The normalized spacial score (nSPS) is 14.3. The summed E-state index contributed by atoms with van der Waals surface area (Å²) in [6.07, 6.45) is 6.55. The van der Waals surface area contributed by atoms with Crippen LogP contribution in [0.3, 0.4) is 0 Å². The molecular weight excluding hydrogens is 346 g/mol. The van der Waals surface area contributed by atoms with E-state index in [2.05, 4.69) is 0 Å². The summed E-state index contributed by atoms with van der Waals surface area (Å²) in [5.74, 6) is -2.99. The summed E-state index contributed by atoms with van der Waals surface area (Å²) in [5.41, 5.74) is 0.903. The number of Topliss-reactive ketones (excluding diaryl/α,β-unsaturated/α-hetero) is 1. The molecule has 1 aliphatic rings. The quantitative estimate of drug-likeness (QED) is 0.582. The Balaban J connectivity index is 1.64. The molecule has 0 spiro atoms. The monoisotopic (exact) mass is 364 g/mol. The average Bonchev–Trinajstić information content (AvgIpc) is 2.94. The lowest BCUT2D eigenvalue weighted by Gasteiger charge is -2.07. The van der Waals surface area contributed by atoms with Gasteiger partial charge in [0, 0.05) is 10.9 Å². The number of rotatable bonds is 4. The van der Waals surface area contributed by atoms with Crippen molar-refractivity contribution < 1.29 is 23.1 Å². The molecule has 1 aromatic heterocycles. The van der Waals surface area contributed by atoms with Crippen LogP contribution in [0.25, 0.3) is 0 Å². The lowest BCUT2D eigenvalue weighted by atomic mass is 10.00.